The first-order valence-electron chi connectivity index (χ1n) is 7.36. The molecule has 1 saturated heterocycles. The van der Waals surface area contributed by atoms with Gasteiger partial charge in [-0.25, -0.2) is 0 Å². The third kappa shape index (κ3) is 4.80. The first-order chi connectivity index (χ1) is 8.27. The maximum absolute atomic E-state index is 3.59. The number of thioether (sulfide) groups is 1. The van der Waals surface area contributed by atoms with Gasteiger partial charge in [-0.05, 0) is 45.7 Å². The van der Waals surface area contributed by atoms with Crippen LogP contribution in [-0.2, 0) is 0 Å². The Balaban J connectivity index is 1.48. The number of nitrogens with zero attached hydrogens (tertiary/aromatic N) is 1. The van der Waals surface area contributed by atoms with Gasteiger partial charge >= 0.3 is 0 Å². The molecule has 2 aliphatic rings. The van der Waals surface area contributed by atoms with Crippen molar-refractivity contribution in [3.8, 4) is 0 Å². The topological polar surface area (TPSA) is 15.3 Å². The van der Waals surface area contributed by atoms with Crippen LogP contribution in [0.1, 0.15) is 46.0 Å². The van der Waals surface area contributed by atoms with Crippen LogP contribution in [0.2, 0.25) is 0 Å². The molecule has 1 aliphatic heterocycles. The Bertz CT molecular complexity index is 218. The second-order valence-corrected chi connectivity index (χ2v) is 7.13. The van der Waals surface area contributed by atoms with Crippen molar-refractivity contribution in [2.45, 2.75) is 63.3 Å². The second kappa shape index (κ2) is 7.01. The number of rotatable bonds is 7. The van der Waals surface area contributed by atoms with Gasteiger partial charge in [-0.3, -0.25) is 4.90 Å². The Morgan fingerprint density at radius 1 is 1.18 bits per heavy atom. The standard InChI is InChI=1S/C14H28N2S/c1-12-13(2)17-11-10-16(12)9-5-3-4-8-15-14-6-7-14/h12-15H,3-11H2,1-2H3. The highest BCUT2D eigenvalue weighted by molar-refractivity contribution is 8.00. The van der Waals surface area contributed by atoms with E-state index < -0.39 is 0 Å². The average molecular weight is 256 g/mol. The van der Waals surface area contributed by atoms with Gasteiger partial charge in [0.05, 0.1) is 0 Å². The number of nitrogens with one attached hydrogen (secondary N) is 1. The first-order valence-corrected chi connectivity index (χ1v) is 8.41. The van der Waals surface area contributed by atoms with E-state index in [1.807, 2.05) is 0 Å². The summed E-state index contributed by atoms with van der Waals surface area (Å²) in [6.07, 6.45) is 6.98. The highest BCUT2D eigenvalue weighted by Crippen LogP contribution is 2.24. The predicted octanol–water partition coefficient (Wildman–Crippen LogP) is 2.73. The molecule has 2 rings (SSSR count). The van der Waals surface area contributed by atoms with E-state index in [0.29, 0.717) is 0 Å². The van der Waals surface area contributed by atoms with Gasteiger partial charge in [0.25, 0.3) is 0 Å². The zero-order chi connectivity index (χ0) is 12.1. The third-order valence-electron chi connectivity index (χ3n) is 4.15. The average Bonchev–Trinajstić information content (AvgIpc) is 3.12. The minimum absolute atomic E-state index is 0.776. The van der Waals surface area contributed by atoms with E-state index in [1.54, 1.807) is 0 Å². The van der Waals surface area contributed by atoms with E-state index in [1.165, 1.54) is 57.5 Å². The summed E-state index contributed by atoms with van der Waals surface area (Å²) in [5.41, 5.74) is 0. The minimum atomic E-state index is 0.776. The molecule has 1 heterocycles. The number of hydrogen-bond acceptors (Lipinski definition) is 3. The molecular formula is C14H28N2S. The molecule has 1 aliphatic carbocycles. The molecule has 2 atom stereocenters. The first kappa shape index (κ1) is 13.7. The lowest BCUT2D eigenvalue weighted by Crippen LogP contribution is -2.44. The van der Waals surface area contributed by atoms with Crippen LogP contribution in [0.5, 0.6) is 0 Å². The maximum atomic E-state index is 3.59. The van der Waals surface area contributed by atoms with E-state index in [9.17, 15) is 0 Å². The van der Waals surface area contributed by atoms with E-state index in [2.05, 4.69) is 35.8 Å². The van der Waals surface area contributed by atoms with Crippen LogP contribution in [0.3, 0.4) is 0 Å². The number of hydrogen-bond donors (Lipinski definition) is 1. The van der Waals surface area contributed by atoms with Crippen molar-refractivity contribution in [2.75, 3.05) is 25.4 Å². The van der Waals surface area contributed by atoms with E-state index in [-0.39, 0.29) is 0 Å². The molecule has 2 nitrogen and oxygen atoms in total. The minimum Gasteiger partial charge on any atom is -0.314 e. The van der Waals surface area contributed by atoms with Gasteiger partial charge in [-0.1, -0.05) is 13.3 Å². The molecule has 1 N–H and O–H groups in total. The molecule has 0 radical (unpaired) electrons. The predicted molar refractivity (Wildman–Crippen MR) is 77.8 cm³/mol. The smallest absolute Gasteiger partial charge is 0.0184 e. The molecule has 0 spiro atoms. The van der Waals surface area contributed by atoms with Crippen molar-refractivity contribution in [1.82, 2.24) is 10.2 Å². The number of unbranched alkanes of at least 4 members (excludes halogenated alkanes) is 2. The van der Waals surface area contributed by atoms with Gasteiger partial charge in [0.1, 0.15) is 0 Å². The fraction of sp³-hybridized carbons (Fsp3) is 1.00. The van der Waals surface area contributed by atoms with E-state index >= 15 is 0 Å². The summed E-state index contributed by atoms with van der Waals surface area (Å²) in [5, 5.41) is 4.41. The van der Waals surface area contributed by atoms with Crippen molar-refractivity contribution in [3.05, 3.63) is 0 Å². The van der Waals surface area contributed by atoms with Gasteiger partial charge in [-0.2, -0.15) is 11.8 Å². The van der Waals surface area contributed by atoms with Gasteiger partial charge in [0.2, 0.25) is 0 Å². The molecule has 0 aromatic rings. The molecule has 100 valence electrons. The van der Waals surface area contributed by atoms with Crippen LogP contribution in [-0.4, -0.2) is 47.6 Å². The summed E-state index contributed by atoms with van der Waals surface area (Å²) >= 11 is 2.14. The lowest BCUT2D eigenvalue weighted by atomic mass is 10.1. The van der Waals surface area contributed by atoms with Crippen LogP contribution in [0, 0.1) is 0 Å². The lowest BCUT2D eigenvalue weighted by molar-refractivity contribution is 0.208. The maximum Gasteiger partial charge on any atom is 0.0184 e. The molecule has 0 bridgehead atoms. The fourth-order valence-corrected chi connectivity index (χ4v) is 3.68. The normalized spacial score (nSPS) is 30.7. The zero-order valence-electron chi connectivity index (χ0n) is 11.5. The van der Waals surface area contributed by atoms with E-state index in [4.69, 9.17) is 0 Å². The van der Waals surface area contributed by atoms with Gasteiger partial charge in [-0.15, -0.1) is 0 Å². The highest BCUT2D eigenvalue weighted by atomic mass is 32.2. The molecule has 1 saturated carbocycles. The van der Waals surface area contributed by atoms with Crippen LogP contribution in [0.25, 0.3) is 0 Å². The quantitative estimate of drug-likeness (QED) is 0.705. The van der Waals surface area contributed by atoms with Gasteiger partial charge < -0.3 is 5.32 Å². The van der Waals surface area contributed by atoms with Gasteiger partial charge in [0, 0.05) is 29.6 Å². The molecular weight excluding hydrogens is 228 g/mol. The van der Waals surface area contributed by atoms with E-state index in [0.717, 1.165) is 17.3 Å². The summed E-state index contributed by atoms with van der Waals surface area (Å²) in [5.74, 6) is 1.33. The molecule has 2 fully saturated rings. The summed E-state index contributed by atoms with van der Waals surface area (Å²) in [4.78, 5) is 2.69. The fourth-order valence-electron chi connectivity index (χ4n) is 2.52. The Morgan fingerprint density at radius 2 is 2.00 bits per heavy atom. The lowest BCUT2D eigenvalue weighted by Gasteiger charge is -2.37. The largest absolute Gasteiger partial charge is 0.314 e. The second-order valence-electron chi connectivity index (χ2n) is 5.64. The van der Waals surface area contributed by atoms with Crippen molar-refractivity contribution in [3.63, 3.8) is 0 Å². The Hall–Kier alpha value is 0.270. The molecule has 3 heteroatoms. The van der Waals surface area contributed by atoms with Crippen molar-refractivity contribution >= 4 is 11.8 Å². The molecule has 0 aromatic carbocycles. The SMILES string of the molecule is CC1SCCN(CCCCCNC2CC2)C1C. The highest BCUT2D eigenvalue weighted by Gasteiger charge is 2.24. The zero-order valence-corrected chi connectivity index (χ0v) is 12.3. The Morgan fingerprint density at radius 3 is 2.76 bits per heavy atom. The van der Waals surface area contributed by atoms with Crippen molar-refractivity contribution in [1.29, 1.82) is 0 Å². The van der Waals surface area contributed by atoms with Crippen LogP contribution in [0.4, 0.5) is 0 Å². The molecule has 17 heavy (non-hydrogen) atoms. The van der Waals surface area contributed by atoms with Crippen LogP contribution in [0.15, 0.2) is 0 Å². The summed E-state index contributed by atoms with van der Waals surface area (Å²) in [7, 11) is 0. The molecule has 0 amide bonds. The van der Waals surface area contributed by atoms with Crippen molar-refractivity contribution < 1.29 is 0 Å². The van der Waals surface area contributed by atoms with Crippen molar-refractivity contribution in [2.24, 2.45) is 0 Å². The molecule has 2 unspecified atom stereocenters. The third-order valence-corrected chi connectivity index (χ3v) is 5.48. The van der Waals surface area contributed by atoms with Crippen LogP contribution >= 0.6 is 11.8 Å². The summed E-state index contributed by atoms with van der Waals surface area (Å²) < 4.78 is 0. The Labute approximate surface area is 111 Å². The summed E-state index contributed by atoms with van der Waals surface area (Å²) in [6.45, 7) is 8.63. The van der Waals surface area contributed by atoms with Gasteiger partial charge in [0.15, 0.2) is 0 Å². The molecule has 0 aromatic heterocycles. The summed E-state index contributed by atoms with van der Waals surface area (Å²) in [6, 6.07) is 1.66. The Kier molecular flexibility index (Phi) is 5.64. The monoisotopic (exact) mass is 256 g/mol. The van der Waals surface area contributed by atoms with Crippen LogP contribution < -0.4 is 5.32 Å².